The van der Waals surface area contributed by atoms with Crippen LogP contribution in [0.2, 0.25) is 0 Å². The van der Waals surface area contributed by atoms with Crippen LogP contribution in [0.1, 0.15) is 30.9 Å². The highest BCUT2D eigenvalue weighted by Crippen LogP contribution is 2.28. The van der Waals surface area contributed by atoms with Gasteiger partial charge in [0.15, 0.2) is 0 Å². The molecule has 20 heavy (non-hydrogen) atoms. The number of hydrogen-bond donors (Lipinski definition) is 1. The highest BCUT2D eigenvalue weighted by atomic mass is 79.9. The molecule has 0 aromatic heterocycles. The number of likely N-dealkylation sites (tertiary alicyclic amines) is 1. The van der Waals surface area contributed by atoms with Crippen LogP contribution in [0.4, 0.5) is 0 Å². The predicted molar refractivity (Wildman–Crippen MR) is 84.9 cm³/mol. The van der Waals surface area contributed by atoms with Crippen molar-refractivity contribution >= 4 is 15.9 Å². The van der Waals surface area contributed by atoms with Crippen molar-refractivity contribution in [2.24, 2.45) is 0 Å². The number of nitrogens with zero attached hydrogens (tertiary/aromatic N) is 1. The molecule has 0 aliphatic carbocycles. The topological polar surface area (TPSA) is 24.5 Å². The average molecular weight is 339 g/mol. The number of ether oxygens (including phenoxy) is 1. The lowest BCUT2D eigenvalue weighted by Crippen LogP contribution is -2.43. The third-order valence-corrected chi connectivity index (χ3v) is 5.20. The number of benzene rings is 1. The van der Waals surface area contributed by atoms with Crippen molar-refractivity contribution in [3.8, 4) is 0 Å². The van der Waals surface area contributed by atoms with Gasteiger partial charge in [0.25, 0.3) is 0 Å². The molecule has 1 N–H and O–H groups in total. The summed E-state index contributed by atoms with van der Waals surface area (Å²) in [6, 6.07) is 8.91. The minimum absolute atomic E-state index is 0.408. The maximum absolute atomic E-state index is 5.90. The van der Waals surface area contributed by atoms with Gasteiger partial charge in [-0.3, -0.25) is 4.90 Å². The van der Waals surface area contributed by atoms with Gasteiger partial charge >= 0.3 is 0 Å². The standard InChI is InChI=1S/C16H23BrN2O/c1-18-16(14-4-2-3-5-15(14)17)8-9-19-10-12-6-7-13(11-19)20-12/h2-5,12-13,16,18H,6-11H2,1H3. The molecule has 0 radical (unpaired) electrons. The van der Waals surface area contributed by atoms with E-state index in [1.165, 1.54) is 22.9 Å². The number of morpholine rings is 1. The molecule has 2 bridgehead atoms. The summed E-state index contributed by atoms with van der Waals surface area (Å²) in [6.45, 7) is 3.37. The number of halogens is 1. The molecular formula is C16H23BrN2O. The predicted octanol–water partition coefficient (Wildman–Crippen LogP) is 2.96. The van der Waals surface area contributed by atoms with E-state index in [1.54, 1.807) is 0 Å². The average Bonchev–Trinajstić information content (AvgIpc) is 2.80. The fourth-order valence-corrected chi connectivity index (χ4v) is 3.97. The first-order valence-electron chi connectivity index (χ1n) is 7.56. The smallest absolute Gasteiger partial charge is 0.0707 e. The minimum atomic E-state index is 0.408. The van der Waals surface area contributed by atoms with Gasteiger partial charge in [-0.1, -0.05) is 34.1 Å². The van der Waals surface area contributed by atoms with Crippen LogP contribution in [0, 0.1) is 0 Å². The SMILES string of the molecule is CNC(CCN1CC2CCC(C1)O2)c1ccccc1Br. The molecule has 0 saturated carbocycles. The zero-order valence-corrected chi connectivity index (χ0v) is 13.6. The quantitative estimate of drug-likeness (QED) is 0.893. The second kappa shape index (κ2) is 6.56. The number of fused-ring (bicyclic) bond motifs is 2. The molecule has 2 aliphatic rings. The first-order valence-corrected chi connectivity index (χ1v) is 8.35. The van der Waals surface area contributed by atoms with Crippen LogP contribution in [-0.4, -0.2) is 43.8 Å². The van der Waals surface area contributed by atoms with Crippen LogP contribution >= 0.6 is 15.9 Å². The van der Waals surface area contributed by atoms with Crippen molar-refractivity contribution < 1.29 is 4.74 Å². The first kappa shape index (κ1) is 14.5. The lowest BCUT2D eigenvalue weighted by Gasteiger charge is -2.33. The third kappa shape index (κ3) is 3.25. The Labute approximate surface area is 129 Å². The molecule has 3 unspecified atom stereocenters. The van der Waals surface area contributed by atoms with E-state index < -0.39 is 0 Å². The molecule has 2 saturated heterocycles. The van der Waals surface area contributed by atoms with Crippen LogP contribution in [0.5, 0.6) is 0 Å². The summed E-state index contributed by atoms with van der Waals surface area (Å²) in [5.74, 6) is 0. The largest absolute Gasteiger partial charge is 0.372 e. The van der Waals surface area contributed by atoms with Crippen molar-refractivity contribution in [3.05, 3.63) is 34.3 Å². The monoisotopic (exact) mass is 338 g/mol. The molecule has 110 valence electrons. The molecule has 0 spiro atoms. The van der Waals surface area contributed by atoms with Gasteiger partial charge < -0.3 is 10.1 Å². The van der Waals surface area contributed by atoms with E-state index in [4.69, 9.17) is 4.74 Å². The van der Waals surface area contributed by atoms with Crippen LogP contribution < -0.4 is 5.32 Å². The van der Waals surface area contributed by atoms with Crippen LogP contribution in [0.25, 0.3) is 0 Å². The lowest BCUT2D eigenvalue weighted by molar-refractivity contribution is -0.0390. The number of hydrogen-bond acceptors (Lipinski definition) is 3. The zero-order chi connectivity index (χ0) is 13.9. The van der Waals surface area contributed by atoms with E-state index in [0.717, 1.165) is 26.1 Å². The molecule has 4 heteroatoms. The zero-order valence-electron chi connectivity index (χ0n) is 12.0. The molecule has 0 amide bonds. The van der Waals surface area contributed by atoms with Crippen LogP contribution in [0.3, 0.4) is 0 Å². The van der Waals surface area contributed by atoms with Gasteiger partial charge in [-0.05, 0) is 37.9 Å². The summed E-state index contributed by atoms with van der Waals surface area (Å²) in [5, 5.41) is 3.45. The second-order valence-corrected chi connectivity index (χ2v) is 6.72. The molecule has 1 aromatic rings. The Bertz CT molecular complexity index is 442. The van der Waals surface area contributed by atoms with E-state index in [0.29, 0.717) is 18.2 Å². The fourth-order valence-electron chi connectivity index (χ4n) is 3.41. The Balaban J connectivity index is 1.57. The fraction of sp³-hybridized carbons (Fsp3) is 0.625. The van der Waals surface area contributed by atoms with Gasteiger partial charge in [0.2, 0.25) is 0 Å². The third-order valence-electron chi connectivity index (χ3n) is 4.48. The summed E-state index contributed by atoms with van der Waals surface area (Å²) >= 11 is 3.66. The second-order valence-electron chi connectivity index (χ2n) is 5.87. The van der Waals surface area contributed by atoms with Crippen molar-refractivity contribution in [2.75, 3.05) is 26.7 Å². The Morgan fingerprint density at radius 3 is 2.65 bits per heavy atom. The summed E-state index contributed by atoms with van der Waals surface area (Å²) in [4.78, 5) is 2.58. The molecule has 2 aliphatic heterocycles. The van der Waals surface area contributed by atoms with Gasteiger partial charge in [-0.15, -0.1) is 0 Å². The van der Waals surface area contributed by atoms with Gasteiger partial charge in [-0.2, -0.15) is 0 Å². The van der Waals surface area contributed by atoms with Crippen LogP contribution in [0.15, 0.2) is 28.7 Å². The van der Waals surface area contributed by atoms with Gasteiger partial charge in [0.1, 0.15) is 0 Å². The maximum atomic E-state index is 5.90. The highest BCUT2D eigenvalue weighted by molar-refractivity contribution is 9.10. The minimum Gasteiger partial charge on any atom is -0.372 e. The van der Waals surface area contributed by atoms with E-state index >= 15 is 0 Å². The molecule has 1 aromatic carbocycles. The van der Waals surface area contributed by atoms with E-state index in [1.807, 2.05) is 7.05 Å². The highest BCUT2D eigenvalue weighted by Gasteiger charge is 2.33. The molecule has 2 heterocycles. The summed E-state index contributed by atoms with van der Waals surface area (Å²) < 4.78 is 7.10. The Kier molecular flexibility index (Phi) is 4.76. The maximum Gasteiger partial charge on any atom is 0.0707 e. The van der Waals surface area contributed by atoms with Gasteiger partial charge in [0.05, 0.1) is 12.2 Å². The molecule has 3 atom stereocenters. The summed E-state index contributed by atoms with van der Waals surface area (Å²) in [7, 11) is 2.05. The van der Waals surface area contributed by atoms with Gasteiger partial charge in [-0.25, -0.2) is 0 Å². The number of rotatable bonds is 5. The molecule has 3 nitrogen and oxygen atoms in total. The van der Waals surface area contributed by atoms with Crippen molar-refractivity contribution in [1.82, 2.24) is 10.2 Å². The lowest BCUT2D eigenvalue weighted by atomic mass is 10.0. The van der Waals surface area contributed by atoms with E-state index in [-0.39, 0.29) is 0 Å². The van der Waals surface area contributed by atoms with Crippen molar-refractivity contribution in [3.63, 3.8) is 0 Å². The molecule has 2 fully saturated rings. The molecular weight excluding hydrogens is 316 g/mol. The Hall–Kier alpha value is -0.420. The van der Waals surface area contributed by atoms with E-state index in [9.17, 15) is 0 Å². The summed E-state index contributed by atoms with van der Waals surface area (Å²) in [6.07, 6.45) is 4.62. The van der Waals surface area contributed by atoms with Crippen molar-refractivity contribution in [1.29, 1.82) is 0 Å². The van der Waals surface area contributed by atoms with E-state index in [2.05, 4.69) is 50.4 Å². The number of nitrogens with one attached hydrogen (secondary N) is 1. The Morgan fingerprint density at radius 1 is 1.30 bits per heavy atom. The molecule has 3 rings (SSSR count). The summed E-state index contributed by atoms with van der Waals surface area (Å²) in [5.41, 5.74) is 1.35. The Morgan fingerprint density at radius 2 is 2.00 bits per heavy atom. The normalized spacial score (nSPS) is 27.7. The van der Waals surface area contributed by atoms with Gasteiger partial charge in [0, 0.05) is 30.1 Å². The first-order chi connectivity index (χ1) is 9.76. The van der Waals surface area contributed by atoms with Crippen molar-refractivity contribution in [2.45, 2.75) is 37.5 Å². The van der Waals surface area contributed by atoms with Crippen LogP contribution in [-0.2, 0) is 4.74 Å².